The van der Waals surface area contributed by atoms with E-state index in [0.717, 1.165) is 10.5 Å². The monoisotopic (exact) mass is 394 g/mol. The number of nitrogens with one attached hydrogen (secondary N) is 1. The molecule has 0 saturated carbocycles. The highest BCUT2D eigenvalue weighted by Crippen LogP contribution is 2.29. The van der Waals surface area contributed by atoms with Gasteiger partial charge in [0.05, 0.1) is 11.5 Å². The van der Waals surface area contributed by atoms with Crippen molar-refractivity contribution in [2.75, 3.05) is 19.0 Å². The summed E-state index contributed by atoms with van der Waals surface area (Å²) in [5, 5.41) is 13.5. The molecule has 1 saturated heterocycles. The highest BCUT2D eigenvalue weighted by Gasteiger charge is 2.35. The average Bonchev–Trinajstić information content (AvgIpc) is 2.69. The Kier molecular flexibility index (Phi) is 5.40. The van der Waals surface area contributed by atoms with Gasteiger partial charge in [-0.2, -0.15) is 0 Å². The molecule has 1 heterocycles. The fourth-order valence-electron chi connectivity index (χ4n) is 2.92. The predicted octanol–water partition coefficient (Wildman–Crippen LogP) is 2.32. The van der Waals surface area contributed by atoms with Crippen molar-refractivity contribution >= 4 is 35.3 Å². The largest absolute Gasteiger partial charge is 0.372 e. The maximum Gasteiger partial charge on any atom is 0.331 e. The first-order valence-corrected chi connectivity index (χ1v) is 8.66. The Balaban J connectivity index is 1.96. The molecule has 9 nitrogen and oxygen atoms in total. The molecule has 4 amide bonds. The number of hydrogen-bond donors (Lipinski definition) is 1. The Morgan fingerprint density at radius 2 is 1.79 bits per heavy atom. The highest BCUT2D eigenvalue weighted by atomic mass is 16.6. The zero-order chi connectivity index (χ0) is 21.1. The van der Waals surface area contributed by atoms with Gasteiger partial charge < -0.3 is 4.90 Å². The van der Waals surface area contributed by atoms with Crippen LogP contribution in [0.25, 0.3) is 6.08 Å². The van der Waals surface area contributed by atoms with Crippen LogP contribution in [0.15, 0.2) is 54.1 Å². The Morgan fingerprint density at radius 3 is 2.41 bits per heavy atom. The lowest BCUT2D eigenvalue weighted by atomic mass is 10.1. The normalized spacial score (nSPS) is 15.4. The number of nitrogens with zero attached hydrogens (tertiary/aromatic N) is 3. The lowest BCUT2D eigenvalue weighted by Crippen LogP contribution is -2.53. The van der Waals surface area contributed by atoms with E-state index in [-0.39, 0.29) is 17.8 Å². The first-order chi connectivity index (χ1) is 13.8. The molecule has 0 unspecified atom stereocenters. The summed E-state index contributed by atoms with van der Waals surface area (Å²) in [6.07, 6.45) is 1.24. The highest BCUT2D eigenvalue weighted by molar-refractivity contribution is 6.31. The molecule has 2 aromatic carbocycles. The van der Waals surface area contributed by atoms with Gasteiger partial charge in [0.25, 0.3) is 17.5 Å². The Hall–Kier alpha value is -4.01. The number of barbiturate groups is 1. The number of rotatable bonds is 5. The van der Waals surface area contributed by atoms with E-state index < -0.39 is 22.8 Å². The summed E-state index contributed by atoms with van der Waals surface area (Å²) in [6.45, 7) is -0.00413. The van der Waals surface area contributed by atoms with Gasteiger partial charge in [-0.1, -0.05) is 36.4 Å². The summed E-state index contributed by atoms with van der Waals surface area (Å²) in [6, 6.07) is 12.4. The van der Waals surface area contributed by atoms with Crippen molar-refractivity contribution in [3.05, 3.63) is 75.3 Å². The number of nitro groups is 1. The van der Waals surface area contributed by atoms with Crippen LogP contribution >= 0.6 is 0 Å². The number of carbonyl (C=O) groups excluding carboxylic acids is 3. The second-order valence-corrected chi connectivity index (χ2v) is 6.59. The molecular weight excluding hydrogens is 376 g/mol. The summed E-state index contributed by atoms with van der Waals surface area (Å²) in [5.74, 6) is -1.61. The van der Waals surface area contributed by atoms with E-state index in [0.29, 0.717) is 11.3 Å². The topological polar surface area (TPSA) is 113 Å². The fourth-order valence-corrected chi connectivity index (χ4v) is 2.92. The van der Waals surface area contributed by atoms with Crippen LogP contribution in [0.3, 0.4) is 0 Å². The quantitative estimate of drug-likeness (QED) is 0.360. The van der Waals surface area contributed by atoms with Gasteiger partial charge in [0.1, 0.15) is 11.3 Å². The molecule has 1 aliphatic heterocycles. The smallest absolute Gasteiger partial charge is 0.331 e. The Morgan fingerprint density at radius 1 is 1.10 bits per heavy atom. The average molecular weight is 394 g/mol. The first-order valence-electron chi connectivity index (χ1n) is 8.66. The minimum atomic E-state index is -0.844. The second-order valence-electron chi connectivity index (χ2n) is 6.59. The molecule has 3 rings (SSSR count). The lowest BCUT2D eigenvalue weighted by molar-refractivity contribution is -0.384. The summed E-state index contributed by atoms with van der Waals surface area (Å²) in [7, 11) is 3.34. The molecular formula is C20H18N4O5. The van der Waals surface area contributed by atoms with Crippen molar-refractivity contribution in [3.8, 4) is 0 Å². The van der Waals surface area contributed by atoms with Crippen molar-refractivity contribution in [2.24, 2.45) is 0 Å². The van der Waals surface area contributed by atoms with Gasteiger partial charge in [0, 0.05) is 20.2 Å². The van der Waals surface area contributed by atoms with Crippen LogP contribution in [0, 0.1) is 10.1 Å². The fraction of sp³-hybridized carbons (Fsp3) is 0.150. The molecule has 0 atom stereocenters. The standard InChI is InChI=1S/C20H18N4O5/c1-22(2)16-9-8-14(11-17(16)24(28)29)10-15-18(25)21-20(27)23(19(15)26)12-13-6-4-3-5-7-13/h3-11H,12H2,1-2H3,(H,21,25,27). The Bertz CT molecular complexity index is 1030. The molecule has 29 heavy (non-hydrogen) atoms. The summed E-state index contributed by atoms with van der Waals surface area (Å²) in [5.41, 5.74) is 0.973. The van der Waals surface area contributed by atoms with Crippen LogP contribution in [0.2, 0.25) is 0 Å². The minimum absolute atomic E-state index is 0.00413. The maximum atomic E-state index is 12.8. The molecule has 1 fully saturated rings. The summed E-state index contributed by atoms with van der Waals surface area (Å²) >= 11 is 0. The molecule has 9 heteroatoms. The molecule has 148 valence electrons. The van der Waals surface area contributed by atoms with E-state index in [4.69, 9.17) is 0 Å². The van der Waals surface area contributed by atoms with E-state index in [9.17, 15) is 24.5 Å². The number of anilines is 1. The van der Waals surface area contributed by atoms with E-state index in [1.165, 1.54) is 18.2 Å². The van der Waals surface area contributed by atoms with Crippen LogP contribution in [0.5, 0.6) is 0 Å². The van der Waals surface area contributed by atoms with Gasteiger partial charge in [-0.05, 0) is 23.3 Å². The van der Waals surface area contributed by atoms with E-state index in [2.05, 4.69) is 5.32 Å². The summed E-state index contributed by atoms with van der Waals surface area (Å²) in [4.78, 5) is 50.5. The molecule has 2 aromatic rings. The zero-order valence-electron chi connectivity index (χ0n) is 15.8. The van der Waals surface area contributed by atoms with Crippen molar-refractivity contribution < 1.29 is 19.3 Å². The number of nitro benzene ring substituents is 1. The number of carbonyl (C=O) groups is 3. The number of urea groups is 1. The van der Waals surface area contributed by atoms with Gasteiger partial charge in [-0.3, -0.25) is 29.9 Å². The van der Waals surface area contributed by atoms with Crippen LogP contribution in [0.4, 0.5) is 16.2 Å². The molecule has 1 aliphatic rings. The SMILES string of the molecule is CN(C)c1ccc(C=C2C(=O)NC(=O)N(Cc3ccccc3)C2=O)cc1[N+](=O)[O-]. The lowest BCUT2D eigenvalue weighted by Gasteiger charge is -2.26. The van der Waals surface area contributed by atoms with E-state index >= 15 is 0 Å². The van der Waals surface area contributed by atoms with Crippen molar-refractivity contribution in [2.45, 2.75) is 6.54 Å². The van der Waals surface area contributed by atoms with E-state index in [1.54, 1.807) is 55.4 Å². The summed E-state index contributed by atoms with van der Waals surface area (Å²) < 4.78 is 0. The Labute approximate surface area is 166 Å². The maximum absolute atomic E-state index is 12.8. The molecule has 0 bridgehead atoms. The third-order valence-corrected chi connectivity index (χ3v) is 4.36. The van der Waals surface area contributed by atoms with Crippen LogP contribution in [0.1, 0.15) is 11.1 Å². The molecule has 0 aromatic heterocycles. The van der Waals surface area contributed by atoms with Gasteiger partial charge >= 0.3 is 6.03 Å². The van der Waals surface area contributed by atoms with E-state index in [1.807, 2.05) is 0 Å². The zero-order valence-corrected chi connectivity index (χ0v) is 15.8. The first kappa shape index (κ1) is 19.7. The minimum Gasteiger partial charge on any atom is -0.372 e. The van der Waals surface area contributed by atoms with Gasteiger partial charge in [-0.25, -0.2) is 4.79 Å². The van der Waals surface area contributed by atoms with Crippen LogP contribution < -0.4 is 10.2 Å². The van der Waals surface area contributed by atoms with Gasteiger partial charge in [-0.15, -0.1) is 0 Å². The van der Waals surface area contributed by atoms with Crippen LogP contribution in [-0.4, -0.2) is 41.8 Å². The second kappa shape index (κ2) is 7.93. The van der Waals surface area contributed by atoms with Crippen molar-refractivity contribution in [3.63, 3.8) is 0 Å². The number of imide groups is 2. The number of amides is 4. The third-order valence-electron chi connectivity index (χ3n) is 4.36. The number of benzene rings is 2. The van der Waals surface area contributed by atoms with Crippen LogP contribution in [-0.2, 0) is 16.1 Å². The van der Waals surface area contributed by atoms with Gasteiger partial charge in [0.15, 0.2) is 0 Å². The molecule has 0 aliphatic carbocycles. The molecule has 0 spiro atoms. The van der Waals surface area contributed by atoms with Crippen molar-refractivity contribution in [1.29, 1.82) is 0 Å². The predicted molar refractivity (Wildman–Crippen MR) is 106 cm³/mol. The van der Waals surface area contributed by atoms with Crippen molar-refractivity contribution in [1.82, 2.24) is 10.2 Å². The molecule has 0 radical (unpaired) electrons. The van der Waals surface area contributed by atoms with Gasteiger partial charge in [0.2, 0.25) is 0 Å². The number of hydrogen-bond acceptors (Lipinski definition) is 6. The molecule has 1 N–H and O–H groups in total. The third kappa shape index (κ3) is 4.13.